The maximum absolute atomic E-state index is 4.84. The summed E-state index contributed by atoms with van der Waals surface area (Å²) in [6.07, 6.45) is 3.94. The molecule has 0 bridgehead atoms. The van der Waals surface area contributed by atoms with Crippen LogP contribution in [-0.4, -0.2) is 9.55 Å². The summed E-state index contributed by atoms with van der Waals surface area (Å²) < 4.78 is 2.40. The van der Waals surface area contributed by atoms with Crippen molar-refractivity contribution in [1.29, 1.82) is 0 Å². The van der Waals surface area contributed by atoms with E-state index in [9.17, 15) is 0 Å². The highest BCUT2D eigenvalue weighted by Crippen LogP contribution is 2.41. The molecule has 2 aromatic heterocycles. The van der Waals surface area contributed by atoms with E-state index < -0.39 is 0 Å². The van der Waals surface area contributed by atoms with Crippen molar-refractivity contribution in [3.63, 3.8) is 0 Å². The Hall–Kier alpha value is -7.69. The molecule has 0 fully saturated rings. The van der Waals surface area contributed by atoms with Crippen LogP contribution in [0.3, 0.4) is 0 Å². The zero-order chi connectivity index (χ0) is 38.0. The van der Waals surface area contributed by atoms with E-state index in [2.05, 4.69) is 233 Å². The molecule has 10 aromatic rings. The van der Waals surface area contributed by atoms with Gasteiger partial charge in [0, 0.05) is 74.1 Å². The van der Waals surface area contributed by atoms with E-state index in [0.717, 1.165) is 62.1 Å². The van der Waals surface area contributed by atoms with Gasteiger partial charge in [-0.3, -0.25) is 4.98 Å². The molecular weight excluding hydrogens is 693 g/mol. The van der Waals surface area contributed by atoms with Gasteiger partial charge < -0.3 is 14.4 Å². The highest BCUT2D eigenvalue weighted by atomic mass is 15.1. The molecule has 0 unspecified atom stereocenters. The van der Waals surface area contributed by atoms with Gasteiger partial charge in [-0.2, -0.15) is 0 Å². The first kappa shape index (κ1) is 33.8. The third-order valence-corrected chi connectivity index (χ3v) is 10.6. The molecule has 4 heteroatoms. The minimum absolute atomic E-state index is 1.04. The summed E-state index contributed by atoms with van der Waals surface area (Å²) in [5.74, 6) is 0. The second-order valence-electron chi connectivity index (χ2n) is 14.1. The summed E-state index contributed by atoms with van der Waals surface area (Å²) in [7, 11) is 0. The number of hydrogen-bond donors (Lipinski definition) is 0. The molecule has 2 heterocycles. The Balaban J connectivity index is 1.12. The number of nitrogens with zero attached hydrogens (tertiary/aromatic N) is 4. The molecule has 0 amide bonds. The molecule has 10 rings (SSSR count). The smallest absolute Gasteiger partial charge is 0.0541 e. The summed E-state index contributed by atoms with van der Waals surface area (Å²) in [5, 5.41) is 2.46. The molecule has 0 aliphatic heterocycles. The number of rotatable bonds is 9. The van der Waals surface area contributed by atoms with Crippen LogP contribution in [0.2, 0.25) is 0 Å². The minimum Gasteiger partial charge on any atom is -0.311 e. The van der Waals surface area contributed by atoms with Gasteiger partial charge in [-0.1, -0.05) is 121 Å². The third kappa shape index (κ3) is 6.49. The number of anilines is 6. The summed E-state index contributed by atoms with van der Waals surface area (Å²) >= 11 is 0. The molecule has 8 aromatic carbocycles. The average Bonchev–Trinajstić information content (AvgIpc) is 3.63. The molecule has 0 saturated heterocycles. The largest absolute Gasteiger partial charge is 0.311 e. The van der Waals surface area contributed by atoms with Gasteiger partial charge >= 0.3 is 0 Å². The average molecular weight is 731 g/mol. The van der Waals surface area contributed by atoms with Crippen LogP contribution in [0.25, 0.3) is 49.7 Å². The predicted molar refractivity (Wildman–Crippen MR) is 239 cm³/mol. The van der Waals surface area contributed by atoms with Crippen LogP contribution in [0.5, 0.6) is 0 Å². The van der Waals surface area contributed by atoms with Gasteiger partial charge in [-0.05, 0) is 108 Å². The quantitative estimate of drug-likeness (QED) is 0.148. The monoisotopic (exact) mass is 730 g/mol. The molecule has 0 N–H and O–H groups in total. The summed E-state index contributed by atoms with van der Waals surface area (Å²) in [6.45, 7) is 0. The number of aromatic nitrogens is 2. The van der Waals surface area contributed by atoms with Crippen molar-refractivity contribution in [3.05, 3.63) is 231 Å². The molecule has 57 heavy (non-hydrogen) atoms. The SMILES string of the molecule is c1ccc(N(c2ccccc2)c2ccc(-c3cncc(-c4cc(N(c5ccccc5)c5ccccc5)cc(-n5c6ccccc6c6ccccc65)c4)c3)cc2)cc1. The van der Waals surface area contributed by atoms with Crippen molar-refractivity contribution in [2.24, 2.45) is 0 Å². The molecule has 0 spiro atoms. The van der Waals surface area contributed by atoms with Crippen LogP contribution in [0.1, 0.15) is 0 Å². The Morgan fingerprint density at radius 1 is 0.298 bits per heavy atom. The van der Waals surface area contributed by atoms with Crippen molar-refractivity contribution in [2.45, 2.75) is 0 Å². The predicted octanol–water partition coefficient (Wildman–Crippen LogP) is 14.5. The minimum atomic E-state index is 1.04. The lowest BCUT2D eigenvalue weighted by Crippen LogP contribution is -2.10. The van der Waals surface area contributed by atoms with Crippen molar-refractivity contribution < 1.29 is 0 Å². The Labute approximate surface area is 332 Å². The Morgan fingerprint density at radius 2 is 0.702 bits per heavy atom. The van der Waals surface area contributed by atoms with Gasteiger partial charge in [0.1, 0.15) is 0 Å². The first-order valence-electron chi connectivity index (χ1n) is 19.3. The van der Waals surface area contributed by atoms with E-state index in [1.807, 2.05) is 12.4 Å². The first-order chi connectivity index (χ1) is 28.3. The van der Waals surface area contributed by atoms with Crippen molar-refractivity contribution in [2.75, 3.05) is 9.80 Å². The van der Waals surface area contributed by atoms with Gasteiger partial charge in [-0.15, -0.1) is 0 Å². The standard InChI is InChI=1S/C53H38N4/c1-5-17-43(18-6-1)55(44-19-7-2-8-20-44)47-31-29-39(30-32-47)41-33-42(38-54-37-41)40-34-48(56(45-21-9-3-10-22-45)46-23-11-4-12-24-46)36-49(35-40)57-52-27-15-13-25-50(52)51-26-14-16-28-53(51)57/h1-38H. The Kier molecular flexibility index (Phi) is 8.82. The number of fused-ring (bicyclic) bond motifs is 3. The van der Waals surface area contributed by atoms with Gasteiger partial charge in [0.25, 0.3) is 0 Å². The fourth-order valence-corrected chi connectivity index (χ4v) is 7.98. The topological polar surface area (TPSA) is 24.3 Å². The van der Waals surface area contributed by atoms with E-state index in [4.69, 9.17) is 4.98 Å². The lowest BCUT2D eigenvalue weighted by molar-refractivity contribution is 1.17. The van der Waals surface area contributed by atoms with Gasteiger partial charge in [0.05, 0.1) is 11.0 Å². The van der Waals surface area contributed by atoms with E-state index >= 15 is 0 Å². The lowest BCUT2D eigenvalue weighted by atomic mass is 10.00. The molecule has 0 saturated carbocycles. The van der Waals surface area contributed by atoms with E-state index in [0.29, 0.717) is 0 Å². The fourth-order valence-electron chi connectivity index (χ4n) is 7.98. The molecule has 0 atom stereocenters. The molecule has 0 radical (unpaired) electrons. The highest BCUT2D eigenvalue weighted by molar-refractivity contribution is 6.09. The van der Waals surface area contributed by atoms with E-state index in [-0.39, 0.29) is 0 Å². The molecule has 270 valence electrons. The van der Waals surface area contributed by atoms with Crippen LogP contribution < -0.4 is 9.80 Å². The van der Waals surface area contributed by atoms with Gasteiger partial charge in [-0.25, -0.2) is 0 Å². The normalized spacial score (nSPS) is 11.2. The molecule has 0 aliphatic rings. The maximum Gasteiger partial charge on any atom is 0.0541 e. The first-order valence-corrected chi connectivity index (χ1v) is 19.3. The number of benzene rings is 8. The third-order valence-electron chi connectivity index (χ3n) is 10.6. The maximum atomic E-state index is 4.84. The zero-order valence-electron chi connectivity index (χ0n) is 31.2. The Bertz CT molecular complexity index is 2810. The second-order valence-corrected chi connectivity index (χ2v) is 14.1. The van der Waals surface area contributed by atoms with Crippen LogP contribution in [0.15, 0.2) is 231 Å². The van der Waals surface area contributed by atoms with Crippen LogP contribution >= 0.6 is 0 Å². The summed E-state index contributed by atoms with van der Waals surface area (Å²) in [6, 6.07) is 77.5. The van der Waals surface area contributed by atoms with Crippen molar-refractivity contribution in [3.8, 4) is 27.9 Å². The Morgan fingerprint density at radius 3 is 1.19 bits per heavy atom. The summed E-state index contributed by atoms with van der Waals surface area (Å²) in [4.78, 5) is 9.46. The zero-order valence-corrected chi connectivity index (χ0v) is 31.2. The molecular formula is C53H38N4. The van der Waals surface area contributed by atoms with Gasteiger partial charge in [0.2, 0.25) is 0 Å². The van der Waals surface area contributed by atoms with Crippen molar-refractivity contribution in [1.82, 2.24) is 9.55 Å². The summed E-state index contributed by atoms with van der Waals surface area (Å²) in [5.41, 5.74) is 14.2. The van der Waals surface area contributed by atoms with Crippen LogP contribution in [-0.2, 0) is 0 Å². The van der Waals surface area contributed by atoms with Crippen LogP contribution in [0.4, 0.5) is 34.1 Å². The van der Waals surface area contributed by atoms with Gasteiger partial charge in [0.15, 0.2) is 0 Å². The number of pyridine rings is 1. The highest BCUT2D eigenvalue weighted by Gasteiger charge is 2.19. The molecule has 0 aliphatic carbocycles. The van der Waals surface area contributed by atoms with Crippen LogP contribution in [0, 0.1) is 0 Å². The van der Waals surface area contributed by atoms with E-state index in [1.165, 1.54) is 21.8 Å². The van der Waals surface area contributed by atoms with E-state index in [1.54, 1.807) is 0 Å². The fraction of sp³-hybridized carbons (Fsp3) is 0. The number of hydrogen-bond acceptors (Lipinski definition) is 3. The molecule has 4 nitrogen and oxygen atoms in total. The lowest BCUT2D eigenvalue weighted by Gasteiger charge is -2.27. The number of para-hydroxylation sites is 6. The van der Waals surface area contributed by atoms with Crippen molar-refractivity contribution >= 4 is 55.9 Å². The second kappa shape index (κ2) is 14.9.